The van der Waals surface area contributed by atoms with Gasteiger partial charge >= 0.3 is 0 Å². The van der Waals surface area contributed by atoms with Gasteiger partial charge in [-0.2, -0.15) is 9.61 Å². The van der Waals surface area contributed by atoms with Crippen LogP contribution >= 0.6 is 11.3 Å². The van der Waals surface area contributed by atoms with Gasteiger partial charge in [0.1, 0.15) is 5.69 Å². The van der Waals surface area contributed by atoms with Crippen molar-refractivity contribution in [3.8, 4) is 22.0 Å². The molecule has 0 unspecified atom stereocenters. The molecule has 0 saturated carbocycles. The van der Waals surface area contributed by atoms with Gasteiger partial charge in [-0.05, 0) is 42.1 Å². The first-order valence-corrected chi connectivity index (χ1v) is 7.73. The summed E-state index contributed by atoms with van der Waals surface area (Å²) in [5.41, 5.74) is 10.3. The number of benzene rings is 1. The Bertz CT molecular complexity index is 956. The molecule has 1 aromatic carbocycles. The van der Waals surface area contributed by atoms with Gasteiger partial charge in [-0.1, -0.05) is 18.2 Å². The van der Waals surface area contributed by atoms with E-state index in [2.05, 4.69) is 15.3 Å². The van der Waals surface area contributed by atoms with Crippen molar-refractivity contribution in [3.63, 3.8) is 0 Å². The van der Waals surface area contributed by atoms with E-state index in [1.807, 2.05) is 54.8 Å². The molecule has 0 aliphatic carbocycles. The minimum absolute atomic E-state index is 0.695. The number of fused-ring (bicyclic) bond motifs is 1. The first kappa shape index (κ1) is 13.0. The van der Waals surface area contributed by atoms with Gasteiger partial charge in [0.25, 0.3) is 0 Å². The normalized spacial score (nSPS) is 11.1. The standard InChI is InChI=1S/C16H13N5S/c1-10-4-5-11(9-12(10)17)16-19-18-15-7-6-13(20-21(15)16)14-3-2-8-22-14/h2-9H,17H2,1H3. The van der Waals surface area contributed by atoms with Crippen molar-refractivity contribution in [2.45, 2.75) is 6.92 Å². The van der Waals surface area contributed by atoms with Gasteiger partial charge in [-0.15, -0.1) is 21.5 Å². The number of thiophene rings is 1. The lowest BCUT2D eigenvalue weighted by atomic mass is 10.1. The Morgan fingerprint density at radius 2 is 2.00 bits per heavy atom. The average Bonchev–Trinajstić information content (AvgIpc) is 3.18. The molecule has 5 nitrogen and oxygen atoms in total. The van der Waals surface area contributed by atoms with Crippen LogP contribution < -0.4 is 5.73 Å². The smallest absolute Gasteiger partial charge is 0.185 e. The van der Waals surface area contributed by atoms with Crippen molar-refractivity contribution in [1.82, 2.24) is 19.8 Å². The highest BCUT2D eigenvalue weighted by atomic mass is 32.1. The van der Waals surface area contributed by atoms with E-state index in [1.165, 1.54) is 0 Å². The zero-order valence-corrected chi connectivity index (χ0v) is 12.7. The number of nitrogens with two attached hydrogens (primary N) is 1. The highest BCUT2D eigenvalue weighted by Crippen LogP contribution is 2.25. The summed E-state index contributed by atoms with van der Waals surface area (Å²) in [5, 5.41) is 15.1. The summed E-state index contributed by atoms with van der Waals surface area (Å²) in [5.74, 6) is 0.695. The number of nitrogens with zero attached hydrogens (tertiary/aromatic N) is 4. The summed E-state index contributed by atoms with van der Waals surface area (Å²) in [7, 11) is 0. The highest BCUT2D eigenvalue weighted by molar-refractivity contribution is 7.13. The van der Waals surface area contributed by atoms with Crippen molar-refractivity contribution in [2.75, 3.05) is 5.73 Å². The predicted octanol–water partition coefficient (Wildman–Crippen LogP) is 3.41. The number of anilines is 1. The van der Waals surface area contributed by atoms with E-state index in [0.717, 1.165) is 33.0 Å². The van der Waals surface area contributed by atoms with Crippen LogP contribution in [0.4, 0.5) is 5.69 Å². The largest absolute Gasteiger partial charge is 0.398 e. The number of aryl methyl sites for hydroxylation is 1. The second kappa shape index (κ2) is 4.92. The van der Waals surface area contributed by atoms with Crippen LogP contribution in [0.1, 0.15) is 5.56 Å². The molecule has 3 aromatic heterocycles. The first-order valence-electron chi connectivity index (χ1n) is 6.85. The van der Waals surface area contributed by atoms with Gasteiger partial charge in [-0.25, -0.2) is 0 Å². The van der Waals surface area contributed by atoms with Crippen LogP contribution in [0.15, 0.2) is 47.8 Å². The number of hydrogen-bond acceptors (Lipinski definition) is 5. The number of rotatable bonds is 2. The lowest BCUT2D eigenvalue weighted by Gasteiger charge is -2.04. The van der Waals surface area contributed by atoms with Crippen molar-refractivity contribution < 1.29 is 0 Å². The highest BCUT2D eigenvalue weighted by Gasteiger charge is 2.11. The molecule has 22 heavy (non-hydrogen) atoms. The van der Waals surface area contributed by atoms with Crippen molar-refractivity contribution in [1.29, 1.82) is 0 Å². The monoisotopic (exact) mass is 307 g/mol. The summed E-state index contributed by atoms with van der Waals surface area (Å²) in [6.45, 7) is 1.98. The van der Waals surface area contributed by atoms with Crippen LogP contribution in [0.25, 0.3) is 27.6 Å². The zero-order chi connectivity index (χ0) is 15.1. The lowest BCUT2D eigenvalue weighted by molar-refractivity contribution is 0.944. The summed E-state index contributed by atoms with van der Waals surface area (Å²) in [6.07, 6.45) is 0. The van der Waals surface area contributed by atoms with Gasteiger partial charge < -0.3 is 5.73 Å². The van der Waals surface area contributed by atoms with E-state index >= 15 is 0 Å². The number of hydrogen-bond donors (Lipinski definition) is 1. The Kier molecular flexibility index (Phi) is 2.90. The van der Waals surface area contributed by atoms with E-state index in [1.54, 1.807) is 15.9 Å². The Morgan fingerprint density at radius 3 is 2.77 bits per heavy atom. The molecule has 0 atom stereocenters. The maximum atomic E-state index is 6.00. The summed E-state index contributed by atoms with van der Waals surface area (Å²) >= 11 is 1.66. The molecule has 0 fully saturated rings. The van der Waals surface area contributed by atoms with Crippen molar-refractivity contribution >= 4 is 22.7 Å². The van der Waals surface area contributed by atoms with Crippen LogP contribution in [0.2, 0.25) is 0 Å². The molecule has 0 aliphatic rings. The predicted molar refractivity (Wildman–Crippen MR) is 88.7 cm³/mol. The van der Waals surface area contributed by atoms with Crippen LogP contribution in [-0.2, 0) is 0 Å². The van der Waals surface area contributed by atoms with Gasteiger partial charge in [-0.3, -0.25) is 0 Å². The maximum Gasteiger partial charge on any atom is 0.185 e. The molecular weight excluding hydrogens is 294 g/mol. The molecule has 108 valence electrons. The Balaban J connectivity index is 1.91. The van der Waals surface area contributed by atoms with E-state index in [4.69, 9.17) is 5.73 Å². The van der Waals surface area contributed by atoms with Gasteiger partial charge in [0.15, 0.2) is 11.5 Å². The molecule has 3 heterocycles. The fraction of sp³-hybridized carbons (Fsp3) is 0.0625. The minimum Gasteiger partial charge on any atom is -0.398 e. The lowest BCUT2D eigenvalue weighted by Crippen LogP contribution is -1.97. The summed E-state index contributed by atoms with van der Waals surface area (Å²) in [4.78, 5) is 1.12. The van der Waals surface area contributed by atoms with Crippen LogP contribution in [0.5, 0.6) is 0 Å². The number of nitrogen functional groups attached to an aromatic ring is 1. The fourth-order valence-corrected chi connectivity index (χ4v) is 2.99. The van der Waals surface area contributed by atoms with Gasteiger partial charge in [0.2, 0.25) is 0 Å². The molecule has 0 amide bonds. The Hall–Kier alpha value is -2.73. The molecule has 4 aromatic rings. The molecular formula is C16H13N5S. The summed E-state index contributed by atoms with van der Waals surface area (Å²) in [6, 6.07) is 13.8. The summed E-state index contributed by atoms with van der Waals surface area (Å²) < 4.78 is 1.76. The van der Waals surface area contributed by atoms with E-state index in [0.29, 0.717) is 5.82 Å². The molecule has 6 heteroatoms. The van der Waals surface area contributed by atoms with Crippen LogP contribution in [0.3, 0.4) is 0 Å². The fourth-order valence-electron chi connectivity index (χ4n) is 2.30. The molecule has 0 spiro atoms. The third-order valence-electron chi connectivity index (χ3n) is 3.57. The van der Waals surface area contributed by atoms with E-state index in [9.17, 15) is 0 Å². The van der Waals surface area contributed by atoms with Crippen molar-refractivity contribution in [3.05, 3.63) is 53.4 Å². The SMILES string of the molecule is Cc1ccc(-c2nnc3ccc(-c4cccs4)nn23)cc1N. The third kappa shape index (κ3) is 2.05. The molecule has 0 saturated heterocycles. The van der Waals surface area contributed by atoms with Crippen molar-refractivity contribution in [2.24, 2.45) is 0 Å². The second-order valence-electron chi connectivity index (χ2n) is 5.06. The Labute approximate surface area is 131 Å². The minimum atomic E-state index is 0.695. The van der Waals surface area contributed by atoms with Gasteiger partial charge in [0, 0.05) is 11.3 Å². The number of aromatic nitrogens is 4. The molecule has 4 rings (SSSR count). The molecule has 0 bridgehead atoms. The van der Waals surface area contributed by atoms with Crippen LogP contribution in [0, 0.1) is 6.92 Å². The maximum absolute atomic E-state index is 6.00. The quantitative estimate of drug-likeness (QED) is 0.576. The van der Waals surface area contributed by atoms with E-state index < -0.39 is 0 Å². The third-order valence-corrected chi connectivity index (χ3v) is 4.47. The molecule has 2 N–H and O–H groups in total. The van der Waals surface area contributed by atoms with Crippen LogP contribution in [-0.4, -0.2) is 19.8 Å². The second-order valence-corrected chi connectivity index (χ2v) is 6.01. The zero-order valence-electron chi connectivity index (χ0n) is 11.9. The topological polar surface area (TPSA) is 69.1 Å². The molecule has 0 radical (unpaired) electrons. The average molecular weight is 307 g/mol. The van der Waals surface area contributed by atoms with Gasteiger partial charge in [0.05, 0.1) is 4.88 Å². The Morgan fingerprint density at radius 1 is 1.09 bits per heavy atom. The van der Waals surface area contributed by atoms with E-state index in [-0.39, 0.29) is 0 Å². The molecule has 0 aliphatic heterocycles. The first-order chi connectivity index (χ1) is 10.7.